The highest BCUT2D eigenvalue weighted by Gasteiger charge is 2.21. The number of thiazole rings is 1. The van der Waals surface area contributed by atoms with Crippen molar-refractivity contribution in [3.05, 3.63) is 57.9 Å². The highest BCUT2D eigenvalue weighted by atomic mass is 32.1. The second-order valence-electron chi connectivity index (χ2n) is 8.38. The molecule has 1 aliphatic heterocycles. The zero-order chi connectivity index (χ0) is 23.7. The predicted octanol–water partition coefficient (Wildman–Crippen LogP) is 4.61. The van der Waals surface area contributed by atoms with Gasteiger partial charge in [0, 0.05) is 49.7 Å². The van der Waals surface area contributed by atoms with E-state index < -0.39 is 5.97 Å². The van der Waals surface area contributed by atoms with Gasteiger partial charge in [-0.15, -0.1) is 11.3 Å². The summed E-state index contributed by atoms with van der Waals surface area (Å²) in [6.45, 7) is 8.29. The number of carboxylic acids is 1. The van der Waals surface area contributed by atoms with E-state index in [1.54, 1.807) is 11.3 Å². The fourth-order valence-corrected chi connectivity index (χ4v) is 4.85. The van der Waals surface area contributed by atoms with E-state index >= 15 is 0 Å². The van der Waals surface area contributed by atoms with Gasteiger partial charge in [0.2, 0.25) is 0 Å². The van der Waals surface area contributed by atoms with Gasteiger partial charge in [-0.3, -0.25) is 4.79 Å². The van der Waals surface area contributed by atoms with Crippen molar-refractivity contribution in [2.75, 3.05) is 31.6 Å². The standard InChI is InChI=1S/C23H23N3O2S.C2H4O2/c1-14-13-26(9-8-25(14)3)18-6-4-17-10-19(23(27)28-21(17)12-18)16-5-7-20-22(11-16)29-15(2)24-20;1-2(3)4/h4-7,10-12,14H,8-9,13H2,1-3H3;1H3,(H,3,4)/t14-;/m0./s1. The molecule has 2 aromatic carbocycles. The molecule has 1 N–H and O–H groups in total. The molecule has 0 spiro atoms. The molecule has 2 aromatic heterocycles. The molecule has 1 aliphatic rings. The highest BCUT2D eigenvalue weighted by Crippen LogP contribution is 2.29. The van der Waals surface area contributed by atoms with Gasteiger partial charge in [0.15, 0.2) is 0 Å². The van der Waals surface area contributed by atoms with E-state index in [2.05, 4.69) is 40.9 Å². The van der Waals surface area contributed by atoms with Crippen LogP contribution < -0.4 is 10.5 Å². The summed E-state index contributed by atoms with van der Waals surface area (Å²) in [4.78, 5) is 31.0. The minimum atomic E-state index is -0.833. The number of aryl methyl sites for hydroxylation is 1. The Morgan fingerprint density at radius 3 is 2.67 bits per heavy atom. The maximum atomic E-state index is 12.8. The zero-order valence-electron chi connectivity index (χ0n) is 19.2. The van der Waals surface area contributed by atoms with E-state index in [0.717, 1.165) is 58.4 Å². The molecule has 1 saturated heterocycles. The van der Waals surface area contributed by atoms with E-state index in [1.807, 2.05) is 37.3 Å². The molecule has 4 aromatic rings. The van der Waals surface area contributed by atoms with Gasteiger partial charge in [-0.05, 0) is 56.8 Å². The van der Waals surface area contributed by atoms with Crippen LogP contribution in [0.1, 0.15) is 18.9 Å². The topological polar surface area (TPSA) is 86.9 Å². The van der Waals surface area contributed by atoms with Crippen LogP contribution in [-0.4, -0.2) is 53.7 Å². The van der Waals surface area contributed by atoms with Crippen molar-refractivity contribution in [1.82, 2.24) is 9.88 Å². The molecule has 7 nitrogen and oxygen atoms in total. The lowest BCUT2D eigenvalue weighted by atomic mass is 10.1. The summed E-state index contributed by atoms with van der Waals surface area (Å²) in [5, 5.41) is 9.37. The largest absolute Gasteiger partial charge is 0.481 e. The maximum absolute atomic E-state index is 12.8. The zero-order valence-corrected chi connectivity index (χ0v) is 20.0. The number of nitrogens with zero attached hydrogens (tertiary/aromatic N) is 3. The Labute approximate surface area is 195 Å². The van der Waals surface area contributed by atoms with Crippen molar-refractivity contribution < 1.29 is 14.3 Å². The predicted molar refractivity (Wildman–Crippen MR) is 133 cm³/mol. The summed E-state index contributed by atoms with van der Waals surface area (Å²) in [6, 6.07) is 14.5. The summed E-state index contributed by atoms with van der Waals surface area (Å²) < 4.78 is 6.82. The van der Waals surface area contributed by atoms with E-state index in [-0.39, 0.29) is 5.63 Å². The number of carboxylic acid groups (broad SMARTS) is 1. The Kier molecular flexibility index (Phi) is 6.49. The molecule has 0 aliphatic carbocycles. The molecule has 0 saturated carbocycles. The minimum absolute atomic E-state index is 0.304. The average molecular weight is 466 g/mol. The first kappa shape index (κ1) is 22.9. The van der Waals surface area contributed by atoms with Crippen molar-refractivity contribution in [3.63, 3.8) is 0 Å². The second-order valence-corrected chi connectivity index (χ2v) is 9.61. The number of hydrogen-bond acceptors (Lipinski definition) is 7. The van der Waals surface area contributed by atoms with E-state index in [0.29, 0.717) is 17.2 Å². The number of aromatic nitrogens is 1. The molecule has 8 heteroatoms. The Bertz CT molecular complexity index is 1370. The van der Waals surface area contributed by atoms with Crippen LogP contribution in [0.5, 0.6) is 0 Å². The lowest BCUT2D eigenvalue weighted by Crippen LogP contribution is -2.50. The molecule has 33 heavy (non-hydrogen) atoms. The maximum Gasteiger partial charge on any atom is 0.344 e. The third-order valence-corrected chi connectivity index (χ3v) is 6.78. The number of benzene rings is 2. The van der Waals surface area contributed by atoms with Crippen LogP contribution in [0, 0.1) is 6.92 Å². The number of aliphatic carboxylic acids is 1. The first-order chi connectivity index (χ1) is 15.7. The highest BCUT2D eigenvalue weighted by molar-refractivity contribution is 7.18. The van der Waals surface area contributed by atoms with Gasteiger partial charge in [0.05, 0.1) is 20.8 Å². The van der Waals surface area contributed by atoms with Crippen LogP contribution in [0.3, 0.4) is 0 Å². The fourth-order valence-electron chi connectivity index (χ4n) is 3.99. The van der Waals surface area contributed by atoms with Crippen LogP contribution in [0.2, 0.25) is 0 Å². The van der Waals surface area contributed by atoms with Gasteiger partial charge in [-0.1, -0.05) is 6.07 Å². The molecule has 0 bridgehead atoms. The molecule has 0 unspecified atom stereocenters. The quantitative estimate of drug-likeness (QED) is 0.433. The Hall–Kier alpha value is -3.23. The summed E-state index contributed by atoms with van der Waals surface area (Å²) in [7, 11) is 2.16. The number of fused-ring (bicyclic) bond motifs is 2. The average Bonchev–Trinajstić information content (AvgIpc) is 3.13. The van der Waals surface area contributed by atoms with Crippen molar-refractivity contribution in [2.24, 2.45) is 0 Å². The van der Waals surface area contributed by atoms with Crippen LogP contribution >= 0.6 is 11.3 Å². The molecular formula is C25H27N3O4S. The lowest BCUT2D eigenvalue weighted by molar-refractivity contribution is -0.134. The van der Waals surface area contributed by atoms with Crippen molar-refractivity contribution in [2.45, 2.75) is 26.8 Å². The minimum Gasteiger partial charge on any atom is -0.481 e. The van der Waals surface area contributed by atoms with E-state index in [4.69, 9.17) is 14.3 Å². The SMILES string of the molecule is CC(=O)O.Cc1nc2ccc(-c3cc4ccc(N5CCN(C)[C@@H](C)C5)cc4oc3=O)cc2s1. The molecule has 1 atom stereocenters. The normalized spacial score (nSPS) is 16.6. The number of anilines is 1. The lowest BCUT2D eigenvalue weighted by Gasteiger charge is -2.39. The van der Waals surface area contributed by atoms with Gasteiger partial charge >= 0.3 is 5.63 Å². The van der Waals surface area contributed by atoms with Crippen LogP contribution in [-0.2, 0) is 4.79 Å². The first-order valence-electron chi connectivity index (χ1n) is 10.8. The third-order valence-electron chi connectivity index (χ3n) is 5.85. The van der Waals surface area contributed by atoms with E-state index in [1.165, 1.54) is 0 Å². The van der Waals surface area contributed by atoms with Gasteiger partial charge in [0.1, 0.15) is 5.58 Å². The summed E-state index contributed by atoms with van der Waals surface area (Å²) in [6.07, 6.45) is 0. The van der Waals surface area contributed by atoms with Crippen molar-refractivity contribution in [3.8, 4) is 11.1 Å². The molecule has 0 radical (unpaired) electrons. The van der Waals surface area contributed by atoms with Crippen LogP contribution in [0.4, 0.5) is 5.69 Å². The smallest absolute Gasteiger partial charge is 0.344 e. The van der Waals surface area contributed by atoms with Gasteiger partial charge in [0.25, 0.3) is 5.97 Å². The number of piperazine rings is 1. The molecule has 5 rings (SSSR count). The number of rotatable bonds is 2. The Morgan fingerprint density at radius 2 is 1.94 bits per heavy atom. The Balaban J connectivity index is 0.000000601. The molecule has 3 heterocycles. The molecule has 1 fully saturated rings. The van der Waals surface area contributed by atoms with Crippen molar-refractivity contribution >= 4 is 44.2 Å². The van der Waals surface area contributed by atoms with Crippen LogP contribution in [0.15, 0.2) is 51.7 Å². The van der Waals surface area contributed by atoms with Crippen LogP contribution in [0.25, 0.3) is 32.3 Å². The summed E-state index contributed by atoms with van der Waals surface area (Å²) in [5.41, 5.74) is 3.86. The Morgan fingerprint density at radius 1 is 1.18 bits per heavy atom. The number of hydrogen-bond donors (Lipinski definition) is 1. The van der Waals surface area contributed by atoms with Crippen molar-refractivity contribution in [1.29, 1.82) is 0 Å². The van der Waals surface area contributed by atoms with E-state index in [9.17, 15) is 4.79 Å². The summed E-state index contributed by atoms with van der Waals surface area (Å²) in [5.74, 6) is -0.833. The number of likely N-dealkylation sites (N-methyl/N-ethyl adjacent to an activating group) is 1. The van der Waals surface area contributed by atoms with Gasteiger partial charge in [-0.2, -0.15) is 0 Å². The van der Waals surface area contributed by atoms with Gasteiger partial charge in [-0.25, -0.2) is 9.78 Å². The second kappa shape index (κ2) is 9.33. The number of carbonyl (C=O) groups is 1. The molecule has 0 amide bonds. The molecular weight excluding hydrogens is 438 g/mol. The third kappa shape index (κ3) is 5.07. The first-order valence-corrected chi connectivity index (χ1v) is 11.6. The molecule has 172 valence electrons. The fraction of sp³-hybridized carbons (Fsp3) is 0.320. The summed E-state index contributed by atoms with van der Waals surface area (Å²) >= 11 is 1.64. The monoisotopic (exact) mass is 465 g/mol. The van der Waals surface area contributed by atoms with Gasteiger partial charge < -0.3 is 19.3 Å².